The third-order valence-electron chi connectivity index (χ3n) is 5.28. The van der Waals surface area contributed by atoms with Crippen molar-refractivity contribution in [2.45, 2.75) is 50.2 Å². The fraction of sp³-hybridized carbons (Fsp3) is 0.556. The number of hydrogen-bond donors (Lipinski definition) is 0. The third kappa shape index (κ3) is 2.05. The standard InChI is InChI=1S/C18H22N2O4/c1-11(2)24-13-5-15-19-14(17-8-18(9-17,10-17)23-4)7-20(15)6-12(13)16(21)22-3/h5-7,11H,8-10H2,1-4H3. The van der Waals surface area contributed by atoms with Gasteiger partial charge in [-0.15, -0.1) is 0 Å². The summed E-state index contributed by atoms with van der Waals surface area (Å²) in [5, 5.41) is 0. The molecule has 5 rings (SSSR count). The SMILES string of the molecule is COC(=O)c1cn2cc(C34CC(OC)(C3)C4)nc2cc1OC(C)C. The van der Waals surface area contributed by atoms with Crippen LogP contribution in [0.15, 0.2) is 18.5 Å². The van der Waals surface area contributed by atoms with E-state index in [1.54, 1.807) is 13.3 Å². The van der Waals surface area contributed by atoms with Crippen LogP contribution in [0, 0.1) is 0 Å². The summed E-state index contributed by atoms with van der Waals surface area (Å²) in [6, 6.07) is 1.81. The highest BCUT2D eigenvalue weighted by Gasteiger charge is 2.70. The average Bonchev–Trinajstić information content (AvgIpc) is 2.85. The van der Waals surface area contributed by atoms with Crippen LogP contribution in [0.3, 0.4) is 0 Å². The predicted octanol–water partition coefficient (Wildman–Crippen LogP) is 2.73. The van der Waals surface area contributed by atoms with Crippen molar-refractivity contribution in [1.29, 1.82) is 0 Å². The van der Waals surface area contributed by atoms with Gasteiger partial charge in [-0.05, 0) is 33.1 Å². The van der Waals surface area contributed by atoms with E-state index in [2.05, 4.69) is 0 Å². The van der Waals surface area contributed by atoms with E-state index in [0.29, 0.717) is 11.3 Å². The molecule has 24 heavy (non-hydrogen) atoms. The van der Waals surface area contributed by atoms with Gasteiger partial charge in [0.05, 0.1) is 24.5 Å². The molecule has 3 aliphatic rings. The van der Waals surface area contributed by atoms with Crippen LogP contribution in [0.4, 0.5) is 0 Å². The first-order valence-corrected chi connectivity index (χ1v) is 8.24. The summed E-state index contributed by atoms with van der Waals surface area (Å²) in [7, 11) is 3.15. The van der Waals surface area contributed by atoms with Crippen LogP contribution in [-0.4, -0.2) is 41.3 Å². The molecule has 3 saturated carbocycles. The first-order chi connectivity index (χ1) is 11.4. The van der Waals surface area contributed by atoms with Crippen molar-refractivity contribution in [3.8, 4) is 5.75 Å². The molecule has 2 heterocycles. The van der Waals surface area contributed by atoms with Crippen molar-refractivity contribution in [3.63, 3.8) is 0 Å². The number of esters is 1. The summed E-state index contributed by atoms with van der Waals surface area (Å²) in [6.07, 6.45) is 6.80. The number of pyridine rings is 1. The normalized spacial score (nSPS) is 27.7. The highest BCUT2D eigenvalue weighted by Crippen LogP contribution is 2.69. The second-order valence-electron chi connectivity index (χ2n) is 7.30. The van der Waals surface area contributed by atoms with Crippen molar-refractivity contribution < 1.29 is 19.0 Å². The minimum absolute atomic E-state index is 0.0375. The summed E-state index contributed by atoms with van der Waals surface area (Å²) >= 11 is 0. The van der Waals surface area contributed by atoms with Gasteiger partial charge >= 0.3 is 5.97 Å². The van der Waals surface area contributed by atoms with Crippen molar-refractivity contribution in [3.05, 3.63) is 29.7 Å². The Balaban J connectivity index is 1.73. The molecule has 6 nitrogen and oxygen atoms in total. The van der Waals surface area contributed by atoms with Crippen LogP contribution >= 0.6 is 0 Å². The summed E-state index contributed by atoms with van der Waals surface area (Å²) in [6.45, 7) is 3.85. The predicted molar refractivity (Wildman–Crippen MR) is 87.6 cm³/mol. The lowest BCUT2D eigenvalue weighted by Crippen LogP contribution is -2.70. The molecule has 6 heteroatoms. The Labute approximate surface area is 140 Å². The van der Waals surface area contributed by atoms with Gasteiger partial charge in [0.2, 0.25) is 0 Å². The number of carbonyl (C=O) groups is 1. The van der Waals surface area contributed by atoms with Gasteiger partial charge in [-0.3, -0.25) is 0 Å². The van der Waals surface area contributed by atoms with Gasteiger partial charge in [0.1, 0.15) is 17.0 Å². The lowest BCUT2D eigenvalue weighted by atomic mass is 9.40. The molecule has 0 aromatic carbocycles. The van der Waals surface area contributed by atoms with Crippen LogP contribution in [0.25, 0.3) is 5.65 Å². The van der Waals surface area contributed by atoms with Crippen LogP contribution in [0.1, 0.15) is 49.2 Å². The average molecular weight is 330 g/mol. The second-order valence-corrected chi connectivity index (χ2v) is 7.30. The molecule has 0 radical (unpaired) electrons. The molecule has 3 aliphatic carbocycles. The highest BCUT2D eigenvalue weighted by molar-refractivity contribution is 5.92. The summed E-state index contributed by atoms with van der Waals surface area (Å²) in [4.78, 5) is 16.8. The number of nitrogens with zero attached hydrogens (tertiary/aromatic N) is 2. The lowest BCUT2D eigenvalue weighted by Gasteiger charge is -2.68. The van der Waals surface area contributed by atoms with Gasteiger partial charge in [0.15, 0.2) is 0 Å². The van der Waals surface area contributed by atoms with E-state index in [4.69, 9.17) is 19.2 Å². The molecule has 0 N–H and O–H groups in total. The number of imidazole rings is 1. The first kappa shape index (κ1) is 15.4. The zero-order valence-corrected chi connectivity index (χ0v) is 14.5. The molecule has 3 fully saturated rings. The van der Waals surface area contributed by atoms with Gasteiger partial charge in [-0.2, -0.15) is 0 Å². The number of fused-ring (bicyclic) bond motifs is 1. The Morgan fingerprint density at radius 1 is 1.25 bits per heavy atom. The molecule has 128 valence electrons. The molecule has 2 bridgehead atoms. The number of ether oxygens (including phenoxy) is 3. The number of methoxy groups -OCH3 is 2. The number of carbonyl (C=O) groups excluding carboxylic acids is 1. The van der Waals surface area contributed by atoms with Crippen molar-refractivity contribution in [2.24, 2.45) is 0 Å². The van der Waals surface area contributed by atoms with Crippen molar-refractivity contribution in [1.82, 2.24) is 9.38 Å². The third-order valence-corrected chi connectivity index (χ3v) is 5.28. The summed E-state index contributed by atoms with van der Waals surface area (Å²) < 4.78 is 18.1. The molecular formula is C18H22N2O4. The van der Waals surface area contributed by atoms with Crippen molar-refractivity contribution in [2.75, 3.05) is 14.2 Å². The van der Waals surface area contributed by atoms with Crippen molar-refractivity contribution >= 4 is 11.6 Å². The molecule has 0 spiro atoms. The van der Waals surface area contributed by atoms with Gasteiger partial charge in [-0.25, -0.2) is 9.78 Å². The zero-order valence-electron chi connectivity index (χ0n) is 14.5. The topological polar surface area (TPSA) is 62.1 Å². The maximum Gasteiger partial charge on any atom is 0.343 e. The van der Waals surface area contributed by atoms with Crippen LogP contribution < -0.4 is 4.74 Å². The second kappa shape index (κ2) is 4.96. The van der Waals surface area contributed by atoms with Gasteiger partial charge in [0.25, 0.3) is 0 Å². The van der Waals surface area contributed by atoms with Crippen LogP contribution in [0.2, 0.25) is 0 Å². The molecule has 0 aliphatic heterocycles. The largest absolute Gasteiger partial charge is 0.490 e. The molecular weight excluding hydrogens is 308 g/mol. The lowest BCUT2D eigenvalue weighted by molar-refractivity contribution is -0.233. The zero-order chi connectivity index (χ0) is 17.1. The van der Waals surface area contributed by atoms with Gasteiger partial charge in [0, 0.05) is 31.0 Å². The molecule has 2 aromatic rings. The number of rotatable bonds is 5. The minimum atomic E-state index is -0.411. The van der Waals surface area contributed by atoms with E-state index in [1.165, 1.54) is 7.11 Å². The number of aromatic nitrogens is 2. The Hall–Kier alpha value is -2.08. The Kier molecular flexibility index (Phi) is 3.19. The van der Waals surface area contributed by atoms with Crippen LogP contribution in [0.5, 0.6) is 5.75 Å². The van der Waals surface area contributed by atoms with E-state index < -0.39 is 5.97 Å². The Bertz CT molecular complexity index is 804. The fourth-order valence-electron chi connectivity index (χ4n) is 4.07. The van der Waals surface area contributed by atoms with E-state index in [0.717, 1.165) is 30.6 Å². The highest BCUT2D eigenvalue weighted by atomic mass is 16.5. The molecule has 0 saturated heterocycles. The van der Waals surface area contributed by atoms with E-state index in [1.807, 2.05) is 30.5 Å². The fourth-order valence-corrected chi connectivity index (χ4v) is 4.07. The van der Waals surface area contributed by atoms with E-state index in [9.17, 15) is 4.79 Å². The molecule has 0 unspecified atom stereocenters. The maximum atomic E-state index is 12.1. The molecule has 0 amide bonds. The smallest absolute Gasteiger partial charge is 0.343 e. The summed E-state index contributed by atoms with van der Waals surface area (Å²) in [5.41, 5.74) is 2.49. The quantitative estimate of drug-likeness (QED) is 0.789. The Morgan fingerprint density at radius 2 is 1.96 bits per heavy atom. The van der Waals surface area contributed by atoms with E-state index >= 15 is 0 Å². The Morgan fingerprint density at radius 3 is 2.54 bits per heavy atom. The first-order valence-electron chi connectivity index (χ1n) is 8.24. The maximum absolute atomic E-state index is 12.1. The molecule has 2 aromatic heterocycles. The number of hydrogen-bond acceptors (Lipinski definition) is 5. The molecule has 0 atom stereocenters. The monoisotopic (exact) mass is 330 g/mol. The van der Waals surface area contributed by atoms with Gasteiger partial charge < -0.3 is 18.6 Å². The van der Waals surface area contributed by atoms with Gasteiger partial charge in [-0.1, -0.05) is 0 Å². The minimum Gasteiger partial charge on any atom is -0.490 e. The van der Waals surface area contributed by atoms with Crippen LogP contribution in [-0.2, 0) is 14.9 Å². The van der Waals surface area contributed by atoms with E-state index in [-0.39, 0.29) is 17.1 Å². The summed E-state index contributed by atoms with van der Waals surface area (Å²) in [5.74, 6) is 0.0964.